The van der Waals surface area contributed by atoms with Gasteiger partial charge in [-0.25, -0.2) is 4.79 Å². The van der Waals surface area contributed by atoms with Gasteiger partial charge in [0.05, 0.1) is 12.7 Å². The summed E-state index contributed by atoms with van der Waals surface area (Å²) in [7, 11) is 1.16. The Labute approximate surface area is 125 Å². The summed E-state index contributed by atoms with van der Waals surface area (Å²) in [5, 5.41) is 0. The summed E-state index contributed by atoms with van der Waals surface area (Å²) in [5.74, 6) is -0.918. The molecule has 3 nitrogen and oxygen atoms in total. The topological polar surface area (TPSA) is 39.4 Å². The van der Waals surface area contributed by atoms with E-state index >= 15 is 0 Å². The van der Waals surface area contributed by atoms with Crippen LogP contribution in [0.25, 0.3) is 11.3 Å². The van der Waals surface area contributed by atoms with Crippen LogP contribution in [0.15, 0.2) is 34.7 Å². The lowest BCUT2D eigenvalue weighted by Gasteiger charge is -2.11. The van der Waals surface area contributed by atoms with Crippen LogP contribution in [0.5, 0.6) is 0 Å². The molecule has 0 saturated carbocycles. The minimum Gasteiger partial charge on any atom is -0.463 e. The minimum absolute atomic E-state index is 0.0332. The van der Waals surface area contributed by atoms with Crippen molar-refractivity contribution in [2.24, 2.45) is 0 Å². The Morgan fingerprint density at radius 2 is 1.95 bits per heavy atom. The molecule has 0 fully saturated rings. The Balaban J connectivity index is 2.53. The molecule has 0 saturated heterocycles. The maximum absolute atomic E-state index is 13.0. The summed E-state index contributed by atoms with van der Waals surface area (Å²) >= 11 is 1.80. The van der Waals surface area contributed by atoms with Crippen molar-refractivity contribution < 1.29 is 27.1 Å². The normalized spacial score (nSPS) is 11.4. The number of carbonyl (C=O) groups is 1. The number of alkyl halides is 3. The van der Waals surface area contributed by atoms with Crippen LogP contribution in [-0.4, -0.2) is 13.1 Å². The predicted molar refractivity (Wildman–Crippen MR) is 73.2 cm³/mol. The van der Waals surface area contributed by atoms with Gasteiger partial charge in [-0.15, -0.1) is 0 Å². The van der Waals surface area contributed by atoms with Crippen molar-refractivity contribution in [2.75, 3.05) is 7.11 Å². The van der Waals surface area contributed by atoms with Gasteiger partial charge in [-0.3, -0.25) is 0 Å². The molecule has 106 valence electrons. The first-order valence-corrected chi connectivity index (χ1v) is 6.46. The van der Waals surface area contributed by atoms with Crippen molar-refractivity contribution in [1.29, 1.82) is 0 Å². The molecule has 7 heteroatoms. The van der Waals surface area contributed by atoms with Gasteiger partial charge in [0.25, 0.3) is 0 Å². The fourth-order valence-corrected chi connectivity index (χ4v) is 2.15. The zero-order valence-electron chi connectivity index (χ0n) is 10.1. The molecule has 20 heavy (non-hydrogen) atoms. The van der Waals surface area contributed by atoms with Crippen molar-refractivity contribution in [1.82, 2.24) is 0 Å². The maximum Gasteiger partial charge on any atom is 0.417 e. The van der Waals surface area contributed by atoms with Gasteiger partial charge in [0, 0.05) is 9.13 Å². The second-order valence-electron chi connectivity index (χ2n) is 3.84. The molecule has 0 aliphatic rings. The molecule has 1 heterocycles. The Kier molecular flexibility index (Phi) is 4.07. The van der Waals surface area contributed by atoms with Gasteiger partial charge in [0.15, 0.2) is 0 Å². The van der Waals surface area contributed by atoms with E-state index in [4.69, 9.17) is 4.42 Å². The van der Waals surface area contributed by atoms with Gasteiger partial charge in [0.1, 0.15) is 5.76 Å². The average Bonchev–Trinajstić information content (AvgIpc) is 2.86. The molecule has 2 rings (SSSR count). The number of hydrogen-bond acceptors (Lipinski definition) is 3. The van der Waals surface area contributed by atoms with Crippen LogP contribution in [0.3, 0.4) is 0 Å². The van der Waals surface area contributed by atoms with E-state index in [1.807, 2.05) is 0 Å². The highest BCUT2D eigenvalue weighted by atomic mass is 127. The average molecular weight is 396 g/mol. The molecular weight excluding hydrogens is 388 g/mol. The van der Waals surface area contributed by atoms with E-state index in [0.29, 0.717) is 3.57 Å². The van der Waals surface area contributed by atoms with Crippen molar-refractivity contribution in [2.45, 2.75) is 6.18 Å². The largest absolute Gasteiger partial charge is 0.463 e. The number of hydrogen-bond donors (Lipinski definition) is 0. The second kappa shape index (κ2) is 5.47. The summed E-state index contributed by atoms with van der Waals surface area (Å²) in [4.78, 5) is 11.3. The van der Waals surface area contributed by atoms with E-state index in [9.17, 15) is 18.0 Å². The molecule has 0 unspecified atom stereocenters. The van der Waals surface area contributed by atoms with Gasteiger partial charge >= 0.3 is 12.1 Å². The molecule has 1 aromatic carbocycles. The summed E-state index contributed by atoms with van der Waals surface area (Å²) < 4.78 is 49.1. The molecule has 0 atom stereocenters. The third-order valence-corrected chi connectivity index (χ3v) is 3.22. The number of halogens is 4. The van der Waals surface area contributed by atoms with Crippen LogP contribution in [-0.2, 0) is 10.9 Å². The number of ether oxygens (including phenoxy) is 1. The van der Waals surface area contributed by atoms with Crippen LogP contribution < -0.4 is 0 Å². The minimum atomic E-state index is -4.51. The van der Waals surface area contributed by atoms with Gasteiger partial charge in [-0.2, -0.15) is 13.2 Å². The fraction of sp³-hybridized carbons (Fsp3) is 0.154. The van der Waals surface area contributed by atoms with E-state index in [0.717, 1.165) is 13.2 Å². The highest BCUT2D eigenvalue weighted by Crippen LogP contribution is 2.38. The van der Waals surface area contributed by atoms with Crippen molar-refractivity contribution in [3.05, 3.63) is 45.2 Å². The quantitative estimate of drug-likeness (QED) is 0.560. The van der Waals surface area contributed by atoms with E-state index < -0.39 is 17.7 Å². The Hall–Kier alpha value is -1.51. The molecule has 0 radical (unpaired) electrons. The molecule has 1 aromatic heterocycles. The Bertz CT molecular complexity index is 647. The lowest BCUT2D eigenvalue weighted by atomic mass is 10.1. The predicted octanol–water partition coefficient (Wildman–Crippen LogP) is 4.36. The number of furan rings is 1. The first kappa shape index (κ1) is 14.9. The first-order chi connectivity index (χ1) is 9.32. The van der Waals surface area contributed by atoms with Crippen LogP contribution >= 0.6 is 22.6 Å². The number of benzene rings is 1. The lowest BCUT2D eigenvalue weighted by molar-refractivity contribution is -0.137. The van der Waals surface area contributed by atoms with Crippen LogP contribution in [0.2, 0.25) is 0 Å². The van der Waals surface area contributed by atoms with E-state index in [2.05, 4.69) is 4.74 Å². The number of methoxy groups -OCH3 is 1. The Morgan fingerprint density at radius 1 is 1.25 bits per heavy atom. The van der Waals surface area contributed by atoms with E-state index in [1.54, 1.807) is 22.6 Å². The molecule has 0 aliphatic heterocycles. The summed E-state index contributed by atoms with van der Waals surface area (Å²) in [6, 6.07) is 6.45. The smallest absolute Gasteiger partial charge is 0.417 e. The van der Waals surface area contributed by atoms with E-state index in [1.165, 1.54) is 24.3 Å². The Morgan fingerprint density at radius 3 is 2.55 bits per heavy atom. The molecule has 0 spiro atoms. The van der Waals surface area contributed by atoms with Crippen molar-refractivity contribution in [3.63, 3.8) is 0 Å². The summed E-state index contributed by atoms with van der Waals surface area (Å²) in [6.45, 7) is 0. The van der Waals surface area contributed by atoms with Gasteiger partial charge in [-0.05, 0) is 52.9 Å². The summed E-state index contributed by atoms with van der Waals surface area (Å²) in [6.07, 6.45) is -4.51. The lowest BCUT2D eigenvalue weighted by Crippen LogP contribution is -2.07. The molecule has 0 aliphatic carbocycles. The molecule has 2 aromatic rings. The molecular formula is C13H8F3IO3. The highest BCUT2D eigenvalue weighted by molar-refractivity contribution is 14.1. The number of carbonyl (C=O) groups excluding carboxylic acids is 1. The van der Waals surface area contributed by atoms with Gasteiger partial charge in [0.2, 0.25) is 5.76 Å². The van der Waals surface area contributed by atoms with E-state index in [-0.39, 0.29) is 17.1 Å². The number of rotatable bonds is 2. The van der Waals surface area contributed by atoms with Crippen molar-refractivity contribution in [3.8, 4) is 11.3 Å². The molecule has 0 bridgehead atoms. The van der Waals surface area contributed by atoms with Crippen LogP contribution in [0.4, 0.5) is 13.2 Å². The monoisotopic (exact) mass is 396 g/mol. The fourth-order valence-electron chi connectivity index (χ4n) is 1.66. The second-order valence-corrected chi connectivity index (χ2v) is 5.09. The molecule has 0 amide bonds. The van der Waals surface area contributed by atoms with Crippen LogP contribution in [0.1, 0.15) is 16.1 Å². The zero-order chi connectivity index (χ0) is 14.9. The SMILES string of the molecule is COC(=O)c1ccc(-c2ccc(I)cc2C(F)(F)F)o1. The third-order valence-electron chi connectivity index (χ3n) is 2.55. The highest BCUT2D eigenvalue weighted by Gasteiger charge is 2.34. The standard InChI is InChI=1S/C13H8F3IO3/c1-19-12(18)11-5-4-10(20-11)8-3-2-7(17)6-9(8)13(14,15)16/h2-6H,1H3. The molecule has 0 N–H and O–H groups in total. The van der Waals surface area contributed by atoms with Crippen molar-refractivity contribution >= 4 is 28.6 Å². The van der Waals surface area contributed by atoms with Gasteiger partial charge in [-0.1, -0.05) is 0 Å². The zero-order valence-corrected chi connectivity index (χ0v) is 12.3. The summed E-state index contributed by atoms with van der Waals surface area (Å²) in [5.41, 5.74) is -0.928. The maximum atomic E-state index is 13.0. The third kappa shape index (κ3) is 2.97. The van der Waals surface area contributed by atoms with Crippen LogP contribution in [0, 0.1) is 3.57 Å². The number of esters is 1. The first-order valence-electron chi connectivity index (χ1n) is 5.38. The van der Waals surface area contributed by atoms with Gasteiger partial charge < -0.3 is 9.15 Å².